The number of hydrogen-bond acceptors (Lipinski definition) is 11. The first-order chi connectivity index (χ1) is 31.0. The van der Waals surface area contributed by atoms with Crippen LogP contribution in [0.2, 0.25) is 0 Å². The Morgan fingerprint density at radius 3 is 1.53 bits per heavy atom. The monoisotopic (exact) mass is 928 g/mol. The molecule has 18 nitrogen and oxygen atoms in total. The van der Waals surface area contributed by atoms with Gasteiger partial charge in [-0.05, 0) is 78.7 Å². The number of azide groups is 1. The molecule has 6 aromatic rings. The molecule has 0 saturated carbocycles. The smallest absolute Gasteiger partial charge is 0.458 e. The Morgan fingerprint density at radius 1 is 0.727 bits per heavy atom. The van der Waals surface area contributed by atoms with Gasteiger partial charge in [0, 0.05) is 56.0 Å². The summed E-state index contributed by atoms with van der Waals surface area (Å²) in [5, 5.41) is 27.0. The van der Waals surface area contributed by atoms with Crippen LogP contribution < -0.4 is 40.7 Å². The maximum absolute atomic E-state index is 14.3. The molecule has 0 radical (unpaired) electrons. The van der Waals surface area contributed by atoms with E-state index in [4.69, 9.17) is 37.7 Å². The van der Waals surface area contributed by atoms with E-state index in [2.05, 4.69) is 20.0 Å². The number of aliphatic hydroxyl groups is 2. The van der Waals surface area contributed by atoms with Gasteiger partial charge >= 0.3 is 41.5 Å². The van der Waals surface area contributed by atoms with Crippen molar-refractivity contribution in [3.8, 4) is 22.8 Å². The molecule has 0 aliphatic carbocycles. The number of aromatic nitrogens is 4. The number of benzene rings is 2. The summed E-state index contributed by atoms with van der Waals surface area (Å²) in [5.41, 5.74) is 25.2. The molecule has 10 rings (SSSR count). The number of fused-ring (bicyclic) bond motifs is 10. The Balaban J connectivity index is 0.000000183. The van der Waals surface area contributed by atoms with Gasteiger partial charge in [-0.25, -0.2) is 28.3 Å². The van der Waals surface area contributed by atoms with Gasteiger partial charge in [-0.15, -0.1) is 11.6 Å². The molecule has 0 bridgehead atoms. The van der Waals surface area contributed by atoms with E-state index in [0.29, 0.717) is 61.4 Å². The fourth-order valence-electron chi connectivity index (χ4n) is 9.02. The Labute approximate surface area is 399 Å². The topological polar surface area (TPSA) is 270 Å². The molecule has 0 fully saturated rings. The van der Waals surface area contributed by atoms with E-state index in [1.165, 1.54) is 21.6 Å². The van der Waals surface area contributed by atoms with Crippen LogP contribution in [0.15, 0.2) is 51.1 Å². The zero-order valence-electron chi connectivity index (χ0n) is 36.1. The van der Waals surface area contributed by atoms with Gasteiger partial charge in [-0.2, -0.15) is 0 Å². The second-order valence-electron chi connectivity index (χ2n) is 15.9. The van der Waals surface area contributed by atoms with Crippen LogP contribution in [0.5, 0.6) is 0 Å². The molecule has 0 saturated heterocycles. The van der Waals surface area contributed by atoms with Crippen molar-refractivity contribution in [2.45, 2.75) is 90.5 Å². The van der Waals surface area contributed by atoms with Crippen LogP contribution in [0.3, 0.4) is 0 Å². The molecule has 2 aromatic carbocycles. The number of esters is 2. The third-order valence-electron chi connectivity index (χ3n) is 12.6. The molecule has 22 heteroatoms. The number of ether oxygens (including phenoxy) is 2. The second-order valence-corrected chi connectivity index (χ2v) is 16.2. The number of halogens is 3. The molecular formula is C44H36ClF2N10NaO8. The van der Waals surface area contributed by atoms with Gasteiger partial charge in [-0.1, -0.05) is 19.0 Å². The first-order valence-corrected chi connectivity index (χ1v) is 20.7. The Kier molecular flexibility index (Phi) is 12.9. The van der Waals surface area contributed by atoms with Crippen molar-refractivity contribution in [2.75, 3.05) is 0 Å². The largest absolute Gasteiger partial charge is 1.00 e. The molecule has 4 aromatic heterocycles. The SMILES string of the molecule is CC[C@@]1(O)C(=O)OCc2c1cc1n(c2=O)Cc2c-1nc1cc(F)c(C)cc1c2CCl.CC[C@@]1(O)C(=O)OCc2c1cc1n(c2=O)Cc2c-1nc1cc(F)c(C)cc1c2CN=[N+]=[N-].[N-]=[N+]=[N-].[Na+]. The number of aryl methyl sites for hydroxylation is 2. The maximum Gasteiger partial charge on any atom is 1.00 e. The van der Waals surface area contributed by atoms with Gasteiger partial charge in [0.25, 0.3) is 11.1 Å². The minimum absolute atomic E-state index is 0. The number of rotatable bonds is 5. The fourth-order valence-corrected chi connectivity index (χ4v) is 9.32. The molecule has 2 N–H and O–H groups in total. The molecule has 332 valence electrons. The Bertz CT molecular complexity index is 3330. The third-order valence-corrected chi connectivity index (χ3v) is 12.9. The predicted octanol–water partition coefficient (Wildman–Crippen LogP) is 4.47. The summed E-state index contributed by atoms with van der Waals surface area (Å²) < 4.78 is 41.7. The second kappa shape index (κ2) is 17.9. The van der Waals surface area contributed by atoms with Gasteiger partial charge in [0.05, 0.1) is 64.6 Å². The zero-order chi connectivity index (χ0) is 46.9. The van der Waals surface area contributed by atoms with Crippen LogP contribution in [-0.4, -0.2) is 41.3 Å². The van der Waals surface area contributed by atoms with E-state index in [1.807, 2.05) is 0 Å². The number of hydrogen-bond donors (Lipinski definition) is 2. The number of nitrogens with zero attached hydrogens (tertiary/aromatic N) is 10. The maximum atomic E-state index is 14.3. The van der Waals surface area contributed by atoms with Crippen molar-refractivity contribution in [1.29, 1.82) is 0 Å². The van der Waals surface area contributed by atoms with E-state index in [9.17, 15) is 38.2 Å². The minimum Gasteiger partial charge on any atom is -0.458 e. The van der Waals surface area contributed by atoms with Gasteiger partial charge in [0.15, 0.2) is 11.2 Å². The summed E-state index contributed by atoms with van der Waals surface area (Å²) in [7, 11) is 0. The molecule has 0 amide bonds. The Hall–Kier alpha value is -6.21. The van der Waals surface area contributed by atoms with Crippen LogP contribution >= 0.6 is 11.6 Å². The van der Waals surface area contributed by atoms with E-state index >= 15 is 0 Å². The normalized spacial score (nSPS) is 18.0. The van der Waals surface area contributed by atoms with Gasteiger partial charge in [0.2, 0.25) is 0 Å². The first kappa shape index (κ1) is 47.7. The molecule has 66 heavy (non-hydrogen) atoms. The number of alkyl halides is 1. The number of pyridine rings is 4. The van der Waals surface area contributed by atoms with Gasteiger partial charge in [-0.3, -0.25) is 14.5 Å². The number of cyclic esters (lactones) is 2. The summed E-state index contributed by atoms with van der Waals surface area (Å²) in [4.78, 5) is 64.7. The van der Waals surface area contributed by atoms with Crippen LogP contribution in [0.4, 0.5) is 8.78 Å². The predicted molar refractivity (Wildman–Crippen MR) is 231 cm³/mol. The number of carbonyl (C=O) groups excluding carboxylic acids is 2. The molecule has 2 atom stereocenters. The minimum atomic E-state index is -1.93. The van der Waals surface area contributed by atoms with Crippen molar-refractivity contribution in [2.24, 2.45) is 5.11 Å². The summed E-state index contributed by atoms with van der Waals surface area (Å²) in [6.07, 6.45) is 0.101. The summed E-state index contributed by atoms with van der Waals surface area (Å²) in [6, 6.07) is 9.26. The van der Waals surface area contributed by atoms with E-state index in [1.54, 1.807) is 56.5 Å². The van der Waals surface area contributed by atoms with Crippen molar-refractivity contribution >= 4 is 45.3 Å². The first-order valence-electron chi connectivity index (χ1n) is 20.1. The van der Waals surface area contributed by atoms with E-state index in [-0.39, 0.29) is 115 Å². The van der Waals surface area contributed by atoms with E-state index in [0.717, 1.165) is 16.5 Å². The standard InChI is InChI=1S/C22H18ClFN2O4.C22H18FN5O4.N3.Na/c1-3-22(29)15-5-18-19-13(8-26(18)20(27)14(15)9-30-21(22)28)12(7-23)11-4-10(2)16(24)6-17(11)25-19;1-3-22(31)15-5-18-19-13(8-28(18)20(29)14(15)9-32-21(22)30)12(7-25-27-24)11-4-10(2)16(23)6-17(11)26-19;1-3-2;/h4-6,29H,3,7-9H2,1-2H3;4-6,31H,3,7-9H2,1-2H3;;/q;;-1;+1/t2*22-;;/m00../s1. The van der Waals surface area contributed by atoms with Gasteiger partial charge < -0.3 is 39.9 Å². The van der Waals surface area contributed by atoms with Gasteiger partial charge in [0.1, 0.15) is 24.8 Å². The third kappa shape index (κ3) is 7.30. The molecule has 8 heterocycles. The van der Waals surface area contributed by atoms with Crippen molar-refractivity contribution in [1.82, 2.24) is 19.1 Å². The molecule has 4 aliphatic rings. The van der Waals surface area contributed by atoms with Crippen molar-refractivity contribution in [3.63, 3.8) is 0 Å². The average Bonchev–Trinajstić information content (AvgIpc) is 3.84. The molecule has 0 unspecified atom stereocenters. The quantitative estimate of drug-likeness (QED) is 0.0610. The summed E-state index contributed by atoms with van der Waals surface area (Å²) in [5.74, 6) is -2.20. The molecule has 4 aliphatic heterocycles. The summed E-state index contributed by atoms with van der Waals surface area (Å²) in [6.45, 7) is 6.62. The Morgan fingerprint density at radius 2 is 1.14 bits per heavy atom. The number of carbonyl (C=O) groups is 2. The average molecular weight is 929 g/mol. The van der Waals surface area contributed by atoms with Crippen molar-refractivity contribution in [3.05, 3.63) is 151 Å². The fraction of sp³-hybridized carbons (Fsp3) is 0.318. The molecular weight excluding hydrogens is 893 g/mol. The van der Waals surface area contributed by atoms with Crippen LogP contribution in [0.1, 0.15) is 82.3 Å². The summed E-state index contributed by atoms with van der Waals surface area (Å²) >= 11 is 6.26. The van der Waals surface area contributed by atoms with E-state index < -0.39 is 34.5 Å². The van der Waals surface area contributed by atoms with Crippen LogP contribution in [-0.2, 0) is 69.0 Å². The van der Waals surface area contributed by atoms with Crippen LogP contribution in [0, 0.1) is 25.5 Å². The molecule has 0 spiro atoms. The zero-order valence-corrected chi connectivity index (χ0v) is 38.8. The van der Waals surface area contributed by atoms with Crippen LogP contribution in [0.25, 0.3) is 71.0 Å². The van der Waals surface area contributed by atoms with Crippen molar-refractivity contribution < 1.29 is 67.6 Å².